The van der Waals surface area contributed by atoms with Gasteiger partial charge in [-0.3, -0.25) is 9.78 Å². The molecule has 0 spiro atoms. The number of amides is 1. The van der Waals surface area contributed by atoms with E-state index < -0.39 is 0 Å². The largest absolute Gasteiger partial charge is 0.493 e. The molecule has 7 nitrogen and oxygen atoms in total. The van der Waals surface area contributed by atoms with Crippen molar-refractivity contribution in [1.82, 2.24) is 15.3 Å². The molecule has 0 unspecified atom stereocenters. The monoisotopic (exact) mass is 343 g/mol. The number of benzene rings is 1. The van der Waals surface area contributed by atoms with Gasteiger partial charge in [-0.1, -0.05) is 6.07 Å². The summed E-state index contributed by atoms with van der Waals surface area (Å²) in [5.41, 5.74) is 1.18. The predicted octanol–water partition coefficient (Wildman–Crippen LogP) is 1.97. The number of aromatic nitrogens is 2. The van der Waals surface area contributed by atoms with Gasteiger partial charge in [0.25, 0.3) is 5.91 Å². The van der Waals surface area contributed by atoms with Gasteiger partial charge in [0.2, 0.25) is 0 Å². The molecule has 25 heavy (non-hydrogen) atoms. The number of carbonyl (C=O) groups excluding carboxylic acids is 1. The molecule has 1 fully saturated rings. The highest BCUT2D eigenvalue weighted by Crippen LogP contribution is 2.29. The summed E-state index contributed by atoms with van der Waals surface area (Å²) in [6, 6.07) is 5.59. The Hall–Kier alpha value is -2.67. The van der Waals surface area contributed by atoms with E-state index >= 15 is 0 Å². The van der Waals surface area contributed by atoms with Crippen molar-refractivity contribution in [2.75, 3.05) is 20.3 Å². The number of nitrogens with zero attached hydrogens (tertiary/aromatic N) is 2. The summed E-state index contributed by atoms with van der Waals surface area (Å²) in [6.45, 7) is 1.67. The van der Waals surface area contributed by atoms with Gasteiger partial charge < -0.3 is 19.5 Å². The molecule has 1 aromatic heterocycles. The summed E-state index contributed by atoms with van der Waals surface area (Å²) in [4.78, 5) is 19.9. The fourth-order valence-corrected chi connectivity index (χ4v) is 2.59. The minimum absolute atomic E-state index is 0.149. The van der Waals surface area contributed by atoms with Crippen LogP contribution in [0.2, 0.25) is 0 Å². The summed E-state index contributed by atoms with van der Waals surface area (Å²) in [5.74, 6) is 1.03. The molecule has 0 bridgehead atoms. The van der Waals surface area contributed by atoms with Gasteiger partial charge in [0.05, 0.1) is 19.4 Å². The average molecular weight is 343 g/mol. The first-order valence-corrected chi connectivity index (χ1v) is 8.22. The Bertz CT molecular complexity index is 703. The topological polar surface area (TPSA) is 82.6 Å². The minimum Gasteiger partial charge on any atom is -0.493 e. The molecule has 1 saturated heterocycles. The number of hydrogen-bond donors (Lipinski definition) is 1. The zero-order chi connectivity index (χ0) is 17.5. The zero-order valence-corrected chi connectivity index (χ0v) is 14.1. The second-order valence-electron chi connectivity index (χ2n) is 5.70. The first-order valence-electron chi connectivity index (χ1n) is 8.22. The number of rotatable bonds is 7. The summed E-state index contributed by atoms with van der Waals surface area (Å²) in [7, 11) is 1.59. The maximum atomic E-state index is 12.0. The van der Waals surface area contributed by atoms with Crippen LogP contribution in [0.25, 0.3) is 0 Å². The third kappa shape index (κ3) is 4.67. The Morgan fingerprint density at radius 1 is 1.36 bits per heavy atom. The molecule has 0 radical (unpaired) electrons. The molecule has 7 heteroatoms. The van der Waals surface area contributed by atoms with Crippen molar-refractivity contribution in [2.24, 2.45) is 0 Å². The van der Waals surface area contributed by atoms with Gasteiger partial charge in [-0.15, -0.1) is 0 Å². The molecule has 1 atom stereocenters. The van der Waals surface area contributed by atoms with Crippen LogP contribution in [0.1, 0.15) is 28.9 Å². The van der Waals surface area contributed by atoms with Crippen molar-refractivity contribution in [2.45, 2.75) is 25.5 Å². The molecule has 1 N–H and O–H groups in total. The van der Waals surface area contributed by atoms with E-state index in [0.717, 1.165) is 25.0 Å². The van der Waals surface area contributed by atoms with E-state index in [-0.39, 0.29) is 17.7 Å². The van der Waals surface area contributed by atoms with Crippen molar-refractivity contribution in [3.05, 3.63) is 48.0 Å². The van der Waals surface area contributed by atoms with E-state index in [2.05, 4.69) is 15.3 Å². The highest BCUT2D eigenvalue weighted by Gasteiger charge is 2.17. The van der Waals surface area contributed by atoms with Crippen molar-refractivity contribution in [3.63, 3.8) is 0 Å². The number of nitrogens with one attached hydrogen (secondary N) is 1. The van der Waals surface area contributed by atoms with Gasteiger partial charge in [0.15, 0.2) is 11.5 Å². The van der Waals surface area contributed by atoms with E-state index in [1.54, 1.807) is 7.11 Å². The molecular formula is C18H21N3O4. The van der Waals surface area contributed by atoms with Crippen LogP contribution < -0.4 is 14.8 Å². The van der Waals surface area contributed by atoms with Crippen molar-refractivity contribution in [1.29, 1.82) is 0 Å². The fraction of sp³-hybridized carbons (Fsp3) is 0.389. The van der Waals surface area contributed by atoms with Gasteiger partial charge in [-0.05, 0) is 30.5 Å². The molecule has 2 aromatic rings. The minimum atomic E-state index is -0.272. The lowest BCUT2D eigenvalue weighted by Crippen LogP contribution is -2.23. The van der Waals surface area contributed by atoms with Gasteiger partial charge >= 0.3 is 0 Å². The molecular weight excluding hydrogens is 322 g/mol. The first kappa shape index (κ1) is 17.2. The van der Waals surface area contributed by atoms with Crippen LogP contribution in [-0.4, -0.2) is 42.3 Å². The van der Waals surface area contributed by atoms with Gasteiger partial charge in [0.1, 0.15) is 12.3 Å². The second kappa shape index (κ2) is 8.43. The third-order valence-electron chi connectivity index (χ3n) is 3.93. The van der Waals surface area contributed by atoms with E-state index in [1.165, 1.54) is 18.6 Å². The number of hydrogen-bond acceptors (Lipinski definition) is 6. The van der Waals surface area contributed by atoms with Crippen LogP contribution in [0.3, 0.4) is 0 Å². The van der Waals surface area contributed by atoms with Crippen LogP contribution in [0.15, 0.2) is 36.8 Å². The summed E-state index contributed by atoms with van der Waals surface area (Å²) >= 11 is 0. The lowest BCUT2D eigenvalue weighted by molar-refractivity contribution is 0.0669. The quantitative estimate of drug-likeness (QED) is 0.828. The highest BCUT2D eigenvalue weighted by atomic mass is 16.5. The van der Waals surface area contributed by atoms with Crippen LogP contribution in [0.4, 0.5) is 0 Å². The second-order valence-corrected chi connectivity index (χ2v) is 5.70. The smallest absolute Gasteiger partial charge is 0.271 e. The molecule has 1 aromatic carbocycles. The molecule has 1 aliphatic heterocycles. The van der Waals surface area contributed by atoms with Gasteiger partial charge in [-0.25, -0.2) is 4.98 Å². The molecule has 1 amide bonds. The maximum Gasteiger partial charge on any atom is 0.271 e. The van der Waals surface area contributed by atoms with Crippen molar-refractivity contribution >= 4 is 5.91 Å². The Balaban J connectivity index is 1.57. The average Bonchev–Trinajstić information content (AvgIpc) is 3.19. The lowest BCUT2D eigenvalue weighted by atomic mass is 10.2. The number of carbonyl (C=O) groups is 1. The standard InChI is InChI=1S/C18H21N3O4/c1-23-17-9-13(10-21-18(22)15-11-19-6-7-20-15)4-5-16(17)25-12-14-3-2-8-24-14/h4-7,9,11,14H,2-3,8,10,12H2,1H3,(H,21,22)/t14-/m0/s1. The number of ether oxygens (including phenoxy) is 3. The van der Waals surface area contributed by atoms with Crippen molar-refractivity contribution < 1.29 is 19.0 Å². The van der Waals surface area contributed by atoms with Crippen LogP contribution in [-0.2, 0) is 11.3 Å². The van der Waals surface area contributed by atoms with E-state index in [1.807, 2.05) is 18.2 Å². The fourth-order valence-electron chi connectivity index (χ4n) is 2.59. The summed E-state index contributed by atoms with van der Waals surface area (Å²) in [6.07, 6.45) is 6.69. The Labute approximate surface area is 146 Å². The Kier molecular flexibility index (Phi) is 5.79. The van der Waals surface area contributed by atoms with E-state index in [9.17, 15) is 4.79 Å². The summed E-state index contributed by atoms with van der Waals surface area (Å²) < 4.78 is 16.8. The predicted molar refractivity (Wildman–Crippen MR) is 90.7 cm³/mol. The SMILES string of the molecule is COc1cc(CNC(=O)c2cnccn2)ccc1OC[C@@H]1CCCO1. The maximum absolute atomic E-state index is 12.0. The van der Waals surface area contributed by atoms with Gasteiger partial charge in [0, 0.05) is 25.5 Å². The summed E-state index contributed by atoms with van der Waals surface area (Å²) in [5, 5.41) is 2.80. The molecule has 2 heterocycles. The van der Waals surface area contributed by atoms with Gasteiger partial charge in [-0.2, -0.15) is 0 Å². The van der Waals surface area contributed by atoms with E-state index in [0.29, 0.717) is 24.7 Å². The first-order chi connectivity index (χ1) is 12.3. The Morgan fingerprint density at radius 3 is 3.00 bits per heavy atom. The third-order valence-corrected chi connectivity index (χ3v) is 3.93. The molecule has 1 aliphatic rings. The highest BCUT2D eigenvalue weighted by molar-refractivity contribution is 5.91. The lowest BCUT2D eigenvalue weighted by Gasteiger charge is -2.15. The van der Waals surface area contributed by atoms with Crippen LogP contribution >= 0.6 is 0 Å². The van der Waals surface area contributed by atoms with Crippen molar-refractivity contribution in [3.8, 4) is 11.5 Å². The van der Waals surface area contributed by atoms with Crippen LogP contribution in [0, 0.1) is 0 Å². The molecule has 0 aliphatic carbocycles. The number of methoxy groups -OCH3 is 1. The van der Waals surface area contributed by atoms with E-state index in [4.69, 9.17) is 14.2 Å². The Morgan fingerprint density at radius 2 is 2.28 bits per heavy atom. The van der Waals surface area contributed by atoms with Crippen LogP contribution in [0.5, 0.6) is 11.5 Å². The zero-order valence-electron chi connectivity index (χ0n) is 14.1. The molecule has 3 rings (SSSR count). The normalized spacial score (nSPS) is 16.4. The molecule has 132 valence electrons. The molecule has 0 saturated carbocycles.